The third-order valence-corrected chi connectivity index (χ3v) is 3.21. The molecule has 21 heavy (non-hydrogen) atoms. The Bertz CT molecular complexity index is 891. The largest absolute Gasteiger partial charge is 0.421 e. The topological polar surface area (TPSA) is 96.1 Å². The van der Waals surface area contributed by atoms with E-state index >= 15 is 0 Å². The summed E-state index contributed by atoms with van der Waals surface area (Å²) >= 11 is 0. The van der Waals surface area contributed by atoms with Crippen molar-refractivity contribution in [2.75, 3.05) is 5.73 Å². The molecule has 3 rings (SSSR count). The minimum atomic E-state index is -0.441. The Morgan fingerprint density at radius 3 is 2.90 bits per heavy atom. The molecule has 0 spiro atoms. The minimum Gasteiger partial charge on any atom is -0.406 e. The SMILES string of the molecule is Nc1ccc(=O)n(CCCn2c(=O)oc3cccnc32)c1. The quantitative estimate of drug-likeness (QED) is 0.766. The average molecular weight is 286 g/mol. The van der Waals surface area contributed by atoms with Crippen molar-refractivity contribution >= 4 is 16.9 Å². The zero-order valence-corrected chi connectivity index (χ0v) is 11.2. The molecular formula is C14H14N4O3. The fraction of sp³-hybridized carbons (Fsp3) is 0.214. The summed E-state index contributed by atoms with van der Waals surface area (Å²) in [5.74, 6) is -0.441. The maximum absolute atomic E-state index is 11.8. The highest BCUT2D eigenvalue weighted by Gasteiger charge is 2.09. The van der Waals surface area contributed by atoms with Gasteiger partial charge in [-0.15, -0.1) is 0 Å². The highest BCUT2D eigenvalue weighted by Crippen LogP contribution is 2.09. The smallest absolute Gasteiger partial charge is 0.406 e. The number of oxazole rings is 1. The van der Waals surface area contributed by atoms with E-state index in [-0.39, 0.29) is 5.56 Å². The van der Waals surface area contributed by atoms with E-state index in [0.717, 1.165) is 0 Å². The molecule has 3 aromatic rings. The summed E-state index contributed by atoms with van der Waals surface area (Å²) in [6.07, 6.45) is 3.79. The second kappa shape index (κ2) is 5.28. The molecule has 3 heterocycles. The monoisotopic (exact) mass is 286 g/mol. The predicted octanol–water partition coefficient (Wildman–Crippen LogP) is 0.824. The first-order valence-corrected chi connectivity index (χ1v) is 6.55. The Hall–Kier alpha value is -2.83. The van der Waals surface area contributed by atoms with Crippen LogP contribution in [0.3, 0.4) is 0 Å². The molecule has 0 aliphatic carbocycles. The van der Waals surface area contributed by atoms with Crippen molar-refractivity contribution < 1.29 is 4.42 Å². The molecular weight excluding hydrogens is 272 g/mol. The first-order chi connectivity index (χ1) is 10.1. The molecule has 0 aliphatic rings. The lowest BCUT2D eigenvalue weighted by Gasteiger charge is -2.06. The van der Waals surface area contributed by atoms with Crippen LogP contribution in [0, 0.1) is 0 Å². The van der Waals surface area contributed by atoms with Crippen molar-refractivity contribution in [3.05, 3.63) is 57.6 Å². The molecule has 7 heteroatoms. The Kier molecular flexibility index (Phi) is 3.31. The van der Waals surface area contributed by atoms with Gasteiger partial charge in [0.2, 0.25) is 0 Å². The summed E-state index contributed by atoms with van der Waals surface area (Å²) in [7, 11) is 0. The average Bonchev–Trinajstić information content (AvgIpc) is 2.79. The highest BCUT2D eigenvalue weighted by molar-refractivity contribution is 5.67. The van der Waals surface area contributed by atoms with E-state index in [1.165, 1.54) is 15.2 Å². The predicted molar refractivity (Wildman–Crippen MR) is 78.0 cm³/mol. The molecule has 0 bridgehead atoms. The number of rotatable bonds is 4. The van der Waals surface area contributed by atoms with E-state index in [9.17, 15) is 9.59 Å². The van der Waals surface area contributed by atoms with E-state index in [1.807, 2.05) is 0 Å². The molecule has 7 nitrogen and oxygen atoms in total. The molecule has 0 aliphatic heterocycles. The van der Waals surface area contributed by atoms with Gasteiger partial charge in [-0.3, -0.25) is 9.36 Å². The molecule has 3 aromatic heterocycles. The van der Waals surface area contributed by atoms with Crippen LogP contribution in [0.4, 0.5) is 5.69 Å². The van der Waals surface area contributed by atoms with Crippen molar-refractivity contribution in [3.63, 3.8) is 0 Å². The second-order valence-corrected chi connectivity index (χ2v) is 4.69. The van der Waals surface area contributed by atoms with Gasteiger partial charge in [0, 0.05) is 37.2 Å². The summed E-state index contributed by atoms with van der Waals surface area (Å²) in [4.78, 5) is 27.6. The molecule has 0 saturated carbocycles. The Morgan fingerprint density at radius 2 is 2.05 bits per heavy atom. The van der Waals surface area contributed by atoms with Gasteiger partial charge in [0.25, 0.3) is 5.56 Å². The fourth-order valence-electron chi connectivity index (χ4n) is 2.22. The number of nitrogen functional groups attached to an aromatic ring is 1. The first-order valence-electron chi connectivity index (χ1n) is 6.55. The number of nitrogens with two attached hydrogens (primary N) is 1. The van der Waals surface area contributed by atoms with E-state index in [1.54, 1.807) is 30.6 Å². The van der Waals surface area contributed by atoms with Crippen LogP contribution >= 0.6 is 0 Å². The van der Waals surface area contributed by atoms with Crippen LogP contribution in [0.1, 0.15) is 6.42 Å². The van der Waals surface area contributed by atoms with E-state index < -0.39 is 5.76 Å². The standard InChI is InChI=1S/C14H14N4O3/c15-10-4-5-12(19)17(9-10)7-2-8-18-13-11(21-14(18)20)3-1-6-16-13/h1,3-6,9H,2,7-8,15H2. The summed E-state index contributed by atoms with van der Waals surface area (Å²) in [5, 5.41) is 0. The normalized spacial score (nSPS) is 11.0. The summed E-state index contributed by atoms with van der Waals surface area (Å²) < 4.78 is 8.09. The lowest BCUT2D eigenvalue weighted by Crippen LogP contribution is -2.21. The zero-order chi connectivity index (χ0) is 14.8. The highest BCUT2D eigenvalue weighted by atomic mass is 16.4. The number of aromatic nitrogens is 3. The number of hydrogen-bond acceptors (Lipinski definition) is 5. The molecule has 0 saturated heterocycles. The summed E-state index contributed by atoms with van der Waals surface area (Å²) in [5.41, 5.74) is 7.04. The van der Waals surface area contributed by atoms with Gasteiger partial charge in [-0.05, 0) is 24.6 Å². The van der Waals surface area contributed by atoms with Gasteiger partial charge in [-0.1, -0.05) is 0 Å². The van der Waals surface area contributed by atoms with Gasteiger partial charge in [-0.2, -0.15) is 0 Å². The summed E-state index contributed by atoms with van der Waals surface area (Å²) in [6, 6.07) is 6.40. The van der Waals surface area contributed by atoms with Gasteiger partial charge < -0.3 is 14.7 Å². The van der Waals surface area contributed by atoms with Crippen LogP contribution in [-0.2, 0) is 13.1 Å². The van der Waals surface area contributed by atoms with Crippen LogP contribution in [0.15, 0.2) is 50.7 Å². The van der Waals surface area contributed by atoms with Gasteiger partial charge in [0.05, 0.1) is 0 Å². The van der Waals surface area contributed by atoms with Crippen LogP contribution in [0.5, 0.6) is 0 Å². The third-order valence-electron chi connectivity index (χ3n) is 3.21. The van der Waals surface area contributed by atoms with Gasteiger partial charge in [0.15, 0.2) is 11.2 Å². The minimum absolute atomic E-state index is 0.119. The third kappa shape index (κ3) is 2.58. The van der Waals surface area contributed by atoms with Crippen LogP contribution in [-0.4, -0.2) is 14.1 Å². The van der Waals surface area contributed by atoms with Crippen molar-refractivity contribution in [1.82, 2.24) is 14.1 Å². The van der Waals surface area contributed by atoms with Crippen LogP contribution in [0.25, 0.3) is 11.2 Å². The number of aryl methyl sites for hydroxylation is 2. The van der Waals surface area contributed by atoms with Crippen molar-refractivity contribution in [3.8, 4) is 0 Å². The maximum Gasteiger partial charge on any atom is 0.421 e. The molecule has 0 atom stereocenters. The Labute approximate surface area is 119 Å². The Balaban J connectivity index is 1.78. The van der Waals surface area contributed by atoms with Gasteiger partial charge in [0.1, 0.15) is 0 Å². The van der Waals surface area contributed by atoms with Crippen molar-refractivity contribution in [2.45, 2.75) is 19.5 Å². The number of nitrogens with zero attached hydrogens (tertiary/aromatic N) is 3. The second-order valence-electron chi connectivity index (χ2n) is 4.69. The van der Waals surface area contributed by atoms with Gasteiger partial charge in [-0.25, -0.2) is 9.78 Å². The molecule has 0 radical (unpaired) electrons. The summed E-state index contributed by atoms with van der Waals surface area (Å²) in [6.45, 7) is 0.889. The Morgan fingerprint density at radius 1 is 1.19 bits per heavy atom. The van der Waals surface area contributed by atoms with Crippen LogP contribution in [0.2, 0.25) is 0 Å². The lowest BCUT2D eigenvalue weighted by atomic mass is 10.3. The van der Waals surface area contributed by atoms with Crippen molar-refractivity contribution in [2.24, 2.45) is 0 Å². The first kappa shape index (κ1) is 13.2. The van der Waals surface area contributed by atoms with Crippen LogP contribution < -0.4 is 17.0 Å². The van der Waals surface area contributed by atoms with E-state index in [4.69, 9.17) is 10.2 Å². The van der Waals surface area contributed by atoms with E-state index in [0.29, 0.717) is 36.4 Å². The fourth-order valence-corrected chi connectivity index (χ4v) is 2.22. The molecule has 0 fully saturated rings. The molecule has 108 valence electrons. The van der Waals surface area contributed by atoms with E-state index in [2.05, 4.69) is 4.98 Å². The molecule has 2 N–H and O–H groups in total. The molecule has 0 aromatic carbocycles. The lowest BCUT2D eigenvalue weighted by molar-refractivity contribution is 0.481. The number of pyridine rings is 2. The zero-order valence-electron chi connectivity index (χ0n) is 11.2. The number of hydrogen-bond donors (Lipinski definition) is 1. The molecule has 0 unspecified atom stereocenters. The van der Waals surface area contributed by atoms with Gasteiger partial charge >= 0.3 is 5.76 Å². The maximum atomic E-state index is 11.8. The molecule has 0 amide bonds. The van der Waals surface area contributed by atoms with Crippen molar-refractivity contribution in [1.29, 1.82) is 0 Å². The number of fused-ring (bicyclic) bond motifs is 1. The number of anilines is 1.